The first-order valence-corrected chi connectivity index (χ1v) is 9.60. The number of aryl methyl sites for hydroxylation is 2. The van der Waals surface area contributed by atoms with Crippen molar-refractivity contribution in [2.45, 2.75) is 39.7 Å². The number of nitrogens with zero attached hydrogens (tertiary/aromatic N) is 2. The number of aromatic nitrogens is 2. The summed E-state index contributed by atoms with van der Waals surface area (Å²) in [6.45, 7) is 7.24. The number of amides is 2. The Balaban J connectivity index is 1.71. The summed E-state index contributed by atoms with van der Waals surface area (Å²) in [6, 6.07) is 5.65. The van der Waals surface area contributed by atoms with Crippen LogP contribution in [0.4, 0.5) is 10.7 Å². The largest absolute Gasteiger partial charge is 0.483 e. The third-order valence-electron chi connectivity index (χ3n) is 3.68. The maximum absolute atomic E-state index is 12.2. The molecular weight excluding hydrogens is 372 g/mol. The van der Waals surface area contributed by atoms with Crippen molar-refractivity contribution in [3.05, 3.63) is 41.2 Å². The Kier molecular flexibility index (Phi) is 4.68. The van der Waals surface area contributed by atoms with Gasteiger partial charge in [0.05, 0.1) is 0 Å². The predicted molar refractivity (Wildman–Crippen MR) is 98.1 cm³/mol. The SMILES string of the molecule is Cc1cc(C)nc(NC(=O)NS(=O)(=O)Oc2cccc3c2OC(C)(C)C3)n1. The van der Waals surface area contributed by atoms with E-state index < -0.39 is 21.9 Å². The topological polar surface area (TPSA) is 120 Å². The van der Waals surface area contributed by atoms with E-state index in [0.29, 0.717) is 23.6 Å². The van der Waals surface area contributed by atoms with Gasteiger partial charge in [-0.1, -0.05) is 12.1 Å². The lowest BCUT2D eigenvalue weighted by molar-refractivity contribution is 0.136. The van der Waals surface area contributed by atoms with Crippen LogP contribution in [0.25, 0.3) is 0 Å². The zero-order valence-corrected chi connectivity index (χ0v) is 16.2. The normalized spacial score (nSPS) is 14.8. The Morgan fingerprint density at radius 3 is 2.56 bits per heavy atom. The van der Waals surface area contributed by atoms with Gasteiger partial charge < -0.3 is 8.92 Å². The Labute approximate surface area is 157 Å². The highest BCUT2D eigenvalue weighted by molar-refractivity contribution is 7.85. The van der Waals surface area contributed by atoms with Crippen LogP contribution in [0.2, 0.25) is 0 Å². The van der Waals surface area contributed by atoms with Crippen molar-refractivity contribution < 1.29 is 22.1 Å². The molecule has 2 amide bonds. The number of carbonyl (C=O) groups excluding carboxylic acids is 1. The van der Waals surface area contributed by atoms with Gasteiger partial charge in [0.25, 0.3) is 0 Å². The van der Waals surface area contributed by atoms with Crippen LogP contribution in [0.5, 0.6) is 11.5 Å². The molecule has 1 aromatic heterocycles. The lowest BCUT2D eigenvalue weighted by atomic mass is 10.0. The molecule has 0 atom stereocenters. The van der Waals surface area contributed by atoms with Crippen molar-refractivity contribution in [1.29, 1.82) is 0 Å². The minimum Gasteiger partial charge on any atom is -0.483 e. The number of para-hydroxylation sites is 1. The monoisotopic (exact) mass is 392 g/mol. The Morgan fingerprint density at radius 1 is 1.22 bits per heavy atom. The fourth-order valence-electron chi connectivity index (χ4n) is 2.81. The van der Waals surface area contributed by atoms with Crippen LogP contribution in [0.1, 0.15) is 30.8 Å². The highest BCUT2D eigenvalue weighted by Gasteiger charge is 2.33. The third-order valence-corrected chi connectivity index (χ3v) is 4.51. The molecule has 1 aromatic carbocycles. The van der Waals surface area contributed by atoms with Gasteiger partial charge in [-0.15, -0.1) is 0 Å². The van der Waals surface area contributed by atoms with Crippen LogP contribution in [-0.4, -0.2) is 30.0 Å². The fourth-order valence-corrected chi connectivity index (χ4v) is 3.50. The van der Waals surface area contributed by atoms with E-state index in [1.54, 1.807) is 30.7 Å². The van der Waals surface area contributed by atoms with Gasteiger partial charge in [0, 0.05) is 23.4 Å². The minimum atomic E-state index is -4.43. The molecule has 0 fully saturated rings. The van der Waals surface area contributed by atoms with Crippen LogP contribution >= 0.6 is 0 Å². The Hall–Kier alpha value is -2.88. The molecule has 27 heavy (non-hydrogen) atoms. The van der Waals surface area contributed by atoms with E-state index in [9.17, 15) is 13.2 Å². The number of urea groups is 1. The molecule has 2 heterocycles. The number of hydrogen-bond donors (Lipinski definition) is 2. The zero-order valence-electron chi connectivity index (χ0n) is 15.4. The summed E-state index contributed by atoms with van der Waals surface area (Å²) in [5, 5.41) is 2.27. The highest BCUT2D eigenvalue weighted by atomic mass is 32.2. The molecule has 2 N–H and O–H groups in total. The van der Waals surface area contributed by atoms with E-state index >= 15 is 0 Å². The molecule has 0 spiro atoms. The van der Waals surface area contributed by atoms with E-state index in [4.69, 9.17) is 8.92 Å². The number of anilines is 1. The van der Waals surface area contributed by atoms with Gasteiger partial charge >= 0.3 is 16.3 Å². The first-order chi connectivity index (χ1) is 12.5. The molecule has 144 valence electrons. The number of carbonyl (C=O) groups is 1. The lowest BCUT2D eigenvalue weighted by Gasteiger charge is -2.18. The molecule has 1 aliphatic heterocycles. The summed E-state index contributed by atoms with van der Waals surface area (Å²) >= 11 is 0. The number of nitrogens with one attached hydrogen (secondary N) is 2. The number of ether oxygens (including phenoxy) is 1. The second-order valence-corrected chi connectivity index (χ2v) is 8.13. The molecule has 0 aliphatic carbocycles. The molecule has 10 heteroatoms. The van der Waals surface area contributed by atoms with Gasteiger partial charge in [0.2, 0.25) is 5.95 Å². The van der Waals surface area contributed by atoms with Gasteiger partial charge in [-0.3, -0.25) is 5.32 Å². The van der Waals surface area contributed by atoms with Crippen molar-refractivity contribution in [2.24, 2.45) is 0 Å². The average molecular weight is 392 g/mol. The van der Waals surface area contributed by atoms with Gasteiger partial charge in [-0.2, -0.15) is 8.42 Å². The highest BCUT2D eigenvalue weighted by Crippen LogP contribution is 2.42. The Bertz CT molecular complexity index is 984. The quantitative estimate of drug-likeness (QED) is 0.819. The molecule has 9 nitrogen and oxygen atoms in total. The number of benzene rings is 1. The lowest BCUT2D eigenvalue weighted by Crippen LogP contribution is -2.37. The number of rotatable bonds is 4. The summed E-state index contributed by atoms with van der Waals surface area (Å²) in [5.41, 5.74) is 1.64. The van der Waals surface area contributed by atoms with Crippen molar-refractivity contribution in [2.75, 3.05) is 5.32 Å². The molecule has 3 rings (SSSR count). The van der Waals surface area contributed by atoms with Gasteiger partial charge in [0.1, 0.15) is 5.60 Å². The molecule has 0 bridgehead atoms. The summed E-state index contributed by atoms with van der Waals surface area (Å²) in [7, 11) is -4.43. The molecule has 1 aliphatic rings. The van der Waals surface area contributed by atoms with Crippen LogP contribution < -0.4 is 19.0 Å². The summed E-state index contributed by atoms with van der Waals surface area (Å²) < 4.78 is 37.0. The molecule has 0 unspecified atom stereocenters. The number of fused-ring (bicyclic) bond motifs is 1. The Morgan fingerprint density at radius 2 is 1.89 bits per heavy atom. The maximum Gasteiger partial charge on any atom is 0.411 e. The smallest absolute Gasteiger partial charge is 0.411 e. The minimum absolute atomic E-state index is 0.00844. The van der Waals surface area contributed by atoms with Crippen molar-refractivity contribution in [3.63, 3.8) is 0 Å². The standard InChI is InChI=1S/C17H20N4O5S/c1-10-8-11(2)19-15(18-10)20-16(22)21-27(23,24)26-13-7-5-6-12-9-17(3,4)25-14(12)13/h5-8H,9H2,1-4H3,(H2,18,19,20,21,22). The van der Waals surface area contributed by atoms with Crippen LogP contribution in [0.15, 0.2) is 24.3 Å². The molecule has 2 aromatic rings. The van der Waals surface area contributed by atoms with Crippen molar-refractivity contribution in [3.8, 4) is 11.5 Å². The first kappa shape index (κ1) is 18.9. The third kappa shape index (κ3) is 4.64. The van der Waals surface area contributed by atoms with Crippen LogP contribution in [0, 0.1) is 13.8 Å². The molecule has 0 saturated heterocycles. The number of hydrogen-bond acceptors (Lipinski definition) is 7. The van der Waals surface area contributed by atoms with Crippen LogP contribution in [-0.2, 0) is 16.7 Å². The maximum atomic E-state index is 12.2. The molecular formula is C17H20N4O5S. The van der Waals surface area contributed by atoms with E-state index in [2.05, 4.69) is 15.3 Å². The average Bonchev–Trinajstić information content (AvgIpc) is 2.80. The van der Waals surface area contributed by atoms with E-state index in [0.717, 1.165) is 5.56 Å². The van der Waals surface area contributed by atoms with E-state index in [1.165, 1.54) is 6.07 Å². The zero-order chi connectivity index (χ0) is 19.8. The summed E-state index contributed by atoms with van der Waals surface area (Å²) in [4.78, 5) is 20.0. The first-order valence-electron chi connectivity index (χ1n) is 8.19. The van der Waals surface area contributed by atoms with Crippen molar-refractivity contribution >= 4 is 22.3 Å². The summed E-state index contributed by atoms with van der Waals surface area (Å²) in [6.07, 6.45) is 0.623. The van der Waals surface area contributed by atoms with Gasteiger partial charge in [-0.25, -0.2) is 19.5 Å². The van der Waals surface area contributed by atoms with Gasteiger partial charge in [-0.05, 0) is 39.8 Å². The van der Waals surface area contributed by atoms with E-state index in [-0.39, 0.29) is 11.7 Å². The van der Waals surface area contributed by atoms with E-state index in [1.807, 2.05) is 19.9 Å². The van der Waals surface area contributed by atoms with Gasteiger partial charge in [0.15, 0.2) is 11.5 Å². The molecule has 0 saturated carbocycles. The van der Waals surface area contributed by atoms with Crippen molar-refractivity contribution in [1.82, 2.24) is 14.7 Å². The second kappa shape index (κ2) is 6.69. The second-order valence-electron chi connectivity index (χ2n) is 6.85. The summed E-state index contributed by atoms with van der Waals surface area (Å²) in [5.74, 6) is 0.359. The predicted octanol–water partition coefficient (Wildman–Crippen LogP) is 2.25. The van der Waals surface area contributed by atoms with Crippen LogP contribution in [0.3, 0.4) is 0 Å². The fraction of sp³-hybridized carbons (Fsp3) is 0.353. The molecule has 0 radical (unpaired) electrons.